The van der Waals surface area contributed by atoms with Crippen molar-refractivity contribution in [2.45, 2.75) is 6.42 Å². The van der Waals surface area contributed by atoms with Crippen LogP contribution in [0.25, 0.3) is 0 Å². The Balaban J connectivity index is 2.12. The number of methoxy groups -OCH3 is 1. The molecule has 9 heteroatoms. The molecule has 1 aromatic rings. The number of esters is 1. The third-order valence-electron chi connectivity index (χ3n) is 2.88. The van der Waals surface area contributed by atoms with Gasteiger partial charge in [0, 0.05) is 35.6 Å². The lowest BCUT2D eigenvalue weighted by Crippen LogP contribution is -2.24. The fraction of sp³-hybridized carbons (Fsp3) is 0.455. The summed E-state index contributed by atoms with van der Waals surface area (Å²) in [6, 6.07) is 2.85. The Morgan fingerprint density at radius 3 is 2.85 bits per heavy atom. The number of nitrogens with zero attached hydrogens (tertiary/aromatic N) is 1. The molecule has 1 saturated heterocycles. The van der Waals surface area contributed by atoms with Crippen LogP contribution in [0.2, 0.25) is 0 Å². The number of anilines is 1. The molecule has 0 spiro atoms. The highest BCUT2D eigenvalue weighted by Crippen LogP contribution is 2.28. The van der Waals surface area contributed by atoms with Crippen molar-refractivity contribution in [1.29, 1.82) is 0 Å². The van der Waals surface area contributed by atoms with E-state index in [-0.39, 0.29) is 36.3 Å². The highest BCUT2D eigenvalue weighted by atomic mass is 35.7. The maximum absolute atomic E-state index is 11.8. The fourth-order valence-corrected chi connectivity index (χ4v) is 3.39. The van der Waals surface area contributed by atoms with E-state index in [1.807, 2.05) is 0 Å². The van der Waals surface area contributed by atoms with Gasteiger partial charge in [0.05, 0.1) is 12.9 Å². The van der Waals surface area contributed by atoms with Crippen molar-refractivity contribution >= 4 is 37.5 Å². The van der Waals surface area contributed by atoms with Crippen LogP contribution in [0.1, 0.15) is 17.0 Å². The summed E-state index contributed by atoms with van der Waals surface area (Å²) in [5.41, 5.74) is 0. The largest absolute Gasteiger partial charge is 0.463 e. The first-order chi connectivity index (χ1) is 9.30. The Hall–Kier alpha value is -1.54. The van der Waals surface area contributed by atoms with Crippen molar-refractivity contribution in [3.63, 3.8) is 0 Å². The number of ether oxygens (including phenoxy) is 1. The third kappa shape index (κ3) is 3.31. The lowest BCUT2D eigenvalue weighted by atomic mass is 10.1. The molecule has 1 fully saturated rings. The topological polar surface area (TPSA) is 93.9 Å². The van der Waals surface area contributed by atoms with Crippen LogP contribution >= 0.6 is 10.7 Å². The molecule has 1 aromatic heterocycles. The molecule has 0 aromatic carbocycles. The average molecular weight is 322 g/mol. The number of furan rings is 1. The molecule has 1 atom stereocenters. The first-order valence-electron chi connectivity index (χ1n) is 5.71. The number of hydrogen-bond donors (Lipinski definition) is 0. The molecular weight excluding hydrogens is 310 g/mol. The Morgan fingerprint density at radius 1 is 1.55 bits per heavy atom. The second-order valence-electron chi connectivity index (χ2n) is 4.41. The van der Waals surface area contributed by atoms with E-state index in [4.69, 9.17) is 15.1 Å². The summed E-state index contributed by atoms with van der Waals surface area (Å²) >= 11 is 0. The van der Waals surface area contributed by atoms with Gasteiger partial charge in [-0.15, -0.1) is 0 Å². The lowest BCUT2D eigenvalue weighted by Gasteiger charge is -2.12. The van der Waals surface area contributed by atoms with Crippen molar-refractivity contribution < 1.29 is 27.2 Å². The summed E-state index contributed by atoms with van der Waals surface area (Å²) in [4.78, 5) is 24.4. The standard InChI is InChI=1S/C11H12ClNO6S/c1-18-11(15)8-2-3-10(19-8)13-5-7(4-9(13)14)6-20(12,16)17/h2-3,7H,4-6H2,1H3. The van der Waals surface area contributed by atoms with Crippen LogP contribution in [-0.4, -0.2) is 39.7 Å². The zero-order valence-electron chi connectivity index (χ0n) is 10.5. The van der Waals surface area contributed by atoms with Crippen LogP contribution < -0.4 is 4.90 Å². The predicted molar refractivity (Wildman–Crippen MR) is 70.1 cm³/mol. The third-order valence-corrected chi connectivity index (χ3v) is 4.13. The van der Waals surface area contributed by atoms with Crippen LogP contribution in [0.5, 0.6) is 0 Å². The van der Waals surface area contributed by atoms with Crippen molar-refractivity contribution in [1.82, 2.24) is 0 Å². The minimum Gasteiger partial charge on any atom is -0.463 e. The van der Waals surface area contributed by atoms with Gasteiger partial charge in [-0.1, -0.05) is 0 Å². The molecule has 110 valence electrons. The van der Waals surface area contributed by atoms with E-state index in [1.54, 1.807) is 0 Å². The van der Waals surface area contributed by atoms with Gasteiger partial charge in [0.25, 0.3) is 0 Å². The molecule has 0 bridgehead atoms. The monoisotopic (exact) mass is 321 g/mol. The molecule has 20 heavy (non-hydrogen) atoms. The number of halogens is 1. The molecule has 1 unspecified atom stereocenters. The number of hydrogen-bond acceptors (Lipinski definition) is 6. The van der Waals surface area contributed by atoms with Crippen molar-refractivity contribution in [2.24, 2.45) is 5.92 Å². The summed E-state index contributed by atoms with van der Waals surface area (Å²) in [5, 5.41) is 0. The van der Waals surface area contributed by atoms with Gasteiger partial charge < -0.3 is 9.15 Å². The normalized spacial score (nSPS) is 19.4. The molecule has 1 aliphatic rings. The molecule has 0 N–H and O–H groups in total. The first-order valence-corrected chi connectivity index (χ1v) is 8.19. The maximum atomic E-state index is 11.8. The van der Waals surface area contributed by atoms with Crippen LogP contribution in [-0.2, 0) is 18.6 Å². The van der Waals surface area contributed by atoms with Crippen molar-refractivity contribution in [2.75, 3.05) is 24.3 Å². The fourth-order valence-electron chi connectivity index (χ4n) is 2.07. The van der Waals surface area contributed by atoms with Gasteiger partial charge in [0.1, 0.15) is 0 Å². The van der Waals surface area contributed by atoms with Crippen LogP contribution in [0.4, 0.5) is 5.88 Å². The van der Waals surface area contributed by atoms with Gasteiger partial charge in [-0.05, 0) is 6.07 Å². The van der Waals surface area contributed by atoms with E-state index in [0.29, 0.717) is 0 Å². The molecule has 1 amide bonds. The summed E-state index contributed by atoms with van der Waals surface area (Å²) in [7, 11) is 2.73. The van der Waals surface area contributed by atoms with E-state index in [0.717, 1.165) is 0 Å². The Morgan fingerprint density at radius 2 is 2.25 bits per heavy atom. The second-order valence-corrected chi connectivity index (χ2v) is 7.23. The molecule has 0 aliphatic carbocycles. The second kappa shape index (κ2) is 5.45. The number of carbonyl (C=O) groups excluding carboxylic acids is 2. The SMILES string of the molecule is COC(=O)c1ccc(N2CC(CS(=O)(=O)Cl)CC2=O)o1. The molecule has 2 heterocycles. The Labute approximate surface area is 119 Å². The van der Waals surface area contributed by atoms with Crippen molar-refractivity contribution in [3.8, 4) is 0 Å². The molecular formula is C11H12ClNO6S. The summed E-state index contributed by atoms with van der Waals surface area (Å²) in [5.74, 6) is -1.43. The van der Waals surface area contributed by atoms with Crippen LogP contribution in [0.15, 0.2) is 16.5 Å². The average Bonchev–Trinajstić information content (AvgIpc) is 2.92. The van der Waals surface area contributed by atoms with Crippen LogP contribution in [0.3, 0.4) is 0 Å². The highest BCUT2D eigenvalue weighted by molar-refractivity contribution is 8.13. The van der Waals surface area contributed by atoms with E-state index >= 15 is 0 Å². The number of carbonyl (C=O) groups is 2. The molecule has 0 radical (unpaired) electrons. The van der Waals surface area contributed by atoms with E-state index in [9.17, 15) is 18.0 Å². The quantitative estimate of drug-likeness (QED) is 0.606. The van der Waals surface area contributed by atoms with E-state index in [2.05, 4.69) is 4.74 Å². The zero-order valence-corrected chi connectivity index (χ0v) is 12.1. The Bertz CT molecular complexity index is 637. The number of amides is 1. The molecule has 1 aliphatic heterocycles. The van der Waals surface area contributed by atoms with E-state index in [1.165, 1.54) is 24.1 Å². The molecule has 2 rings (SSSR count). The van der Waals surface area contributed by atoms with Gasteiger partial charge >= 0.3 is 5.97 Å². The van der Waals surface area contributed by atoms with E-state index < -0.39 is 20.9 Å². The first kappa shape index (κ1) is 14.9. The predicted octanol–water partition coefficient (Wildman–Crippen LogP) is 0.988. The molecule has 7 nitrogen and oxygen atoms in total. The van der Waals surface area contributed by atoms with Gasteiger partial charge in [0.2, 0.25) is 26.6 Å². The highest BCUT2D eigenvalue weighted by Gasteiger charge is 2.34. The maximum Gasteiger partial charge on any atom is 0.374 e. The smallest absolute Gasteiger partial charge is 0.374 e. The summed E-state index contributed by atoms with van der Waals surface area (Å²) < 4.78 is 31.8. The lowest BCUT2D eigenvalue weighted by molar-refractivity contribution is -0.117. The zero-order chi connectivity index (χ0) is 14.9. The van der Waals surface area contributed by atoms with Gasteiger partial charge in [-0.25, -0.2) is 13.2 Å². The Kier molecular flexibility index (Phi) is 4.05. The van der Waals surface area contributed by atoms with Crippen molar-refractivity contribution in [3.05, 3.63) is 17.9 Å². The minimum absolute atomic E-state index is 0.0243. The number of rotatable bonds is 4. The minimum atomic E-state index is -3.66. The summed E-state index contributed by atoms with van der Waals surface area (Å²) in [6.45, 7) is 0.179. The summed E-state index contributed by atoms with van der Waals surface area (Å²) in [6.07, 6.45) is 0.0697. The van der Waals surface area contributed by atoms with Crippen LogP contribution in [0, 0.1) is 5.92 Å². The van der Waals surface area contributed by atoms with Gasteiger partial charge in [-0.3, -0.25) is 9.69 Å². The van der Waals surface area contributed by atoms with Gasteiger partial charge in [-0.2, -0.15) is 0 Å². The van der Waals surface area contributed by atoms with Gasteiger partial charge in [0.15, 0.2) is 0 Å². The molecule has 0 saturated carbocycles.